The van der Waals surface area contributed by atoms with Gasteiger partial charge in [-0.2, -0.15) is 0 Å². The standard InChI is InChI=1S/C16H22BrNO2/c1-3-8-16(9-4-2)10-18(11-16)14-12(15(19)20)6-5-7-13(14)17/h5-7H,3-4,8-11H2,1-2H3,(H,19,20). The Kier molecular flexibility index (Phi) is 4.74. The number of aromatic carboxylic acids is 1. The van der Waals surface area contributed by atoms with Crippen LogP contribution in [0.4, 0.5) is 5.69 Å². The van der Waals surface area contributed by atoms with Crippen molar-refractivity contribution in [2.75, 3.05) is 18.0 Å². The maximum atomic E-state index is 11.4. The van der Waals surface area contributed by atoms with Crippen molar-refractivity contribution < 1.29 is 9.90 Å². The fraction of sp³-hybridized carbons (Fsp3) is 0.562. The van der Waals surface area contributed by atoms with Gasteiger partial charge in [-0.05, 0) is 40.9 Å². The monoisotopic (exact) mass is 339 g/mol. The first-order valence-electron chi connectivity index (χ1n) is 7.30. The molecule has 0 aliphatic carbocycles. The predicted molar refractivity (Wildman–Crippen MR) is 85.6 cm³/mol. The Labute approximate surface area is 129 Å². The van der Waals surface area contributed by atoms with Crippen LogP contribution in [0, 0.1) is 5.41 Å². The van der Waals surface area contributed by atoms with Crippen molar-refractivity contribution in [3.8, 4) is 0 Å². The molecule has 1 aliphatic rings. The zero-order valence-electron chi connectivity index (χ0n) is 12.2. The van der Waals surface area contributed by atoms with Crippen LogP contribution in [0.15, 0.2) is 22.7 Å². The summed E-state index contributed by atoms with van der Waals surface area (Å²) >= 11 is 3.50. The molecule has 1 N–H and O–H groups in total. The number of para-hydroxylation sites is 1. The Morgan fingerprint density at radius 3 is 2.40 bits per heavy atom. The van der Waals surface area contributed by atoms with Crippen molar-refractivity contribution in [2.24, 2.45) is 5.41 Å². The third kappa shape index (κ3) is 2.85. The van der Waals surface area contributed by atoms with Gasteiger partial charge in [0, 0.05) is 23.0 Å². The molecule has 110 valence electrons. The normalized spacial score (nSPS) is 16.9. The van der Waals surface area contributed by atoms with Crippen LogP contribution in [-0.4, -0.2) is 24.2 Å². The zero-order valence-corrected chi connectivity index (χ0v) is 13.7. The van der Waals surface area contributed by atoms with E-state index < -0.39 is 5.97 Å². The van der Waals surface area contributed by atoms with Gasteiger partial charge >= 0.3 is 5.97 Å². The van der Waals surface area contributed by atoms with E-state index in [9.17, 15) is 9.90 Å². The molecule has 3 nitrogen and oxygen atoms in total. The number of carboxylic acid groups (broad SMARTS) is 1. The molecule has 1 fully saturated rings. The summed E-state index contributed by atoms with van der Waals surface area (Å²) < 4.78 is 0.874. The lowest BCUT2D eigenvalue weighted by atomic mass is 9.72. The van der Waals surface area contributed by atoms with Gasteiger partial charge in [0.05, 0.1) is 11.3 Å². The molecular weight excluding hydrogens is 318 g/mol. The third-order valence-electron chi connectivity index (χ3n) is 4.15. The van der Waals surface area contributed by atoms with Crippen LogP contribution < -0.4 is 4.90 Å². The molecule has 0 unspecified atom stereocenters. The summed E-state index contributed by atoms with van der Waals surface area (Å²) in [5.74, 6) is -0.857. The first-order valence-corrected chi connectivity index (χ1v) is 8.09. The number of carboxylic acids is 1. The minimum Gasteiger partial charge on any atom is -0.478 e. The van der Waals surface area contributed by atoms with Gasteiger partial charge in [-0.15, -0.1) is 0 Å². The van der Waals surface area contributed by atoms with Crippen LogP contribution in [0.1, 0.15) is 49.9 Å². The lowest BCUT2D eigenvalue weighted by Gasteiger charge is -2.52. The Bertz CT molecular complexity index is 487. The Balaban J connectivity index is 2.22. The SMILES string of the molecule is CCCC1(CCC)CN(c2c(Br)cccc2C(=O)O)C1. The molecule has 2 rings (SSSR count). The van der Waals surface area contributed by atoms with Gasteiger partial charge in [-0.25, -0.2) is 4.79 Å². The van der Waals surface area contributed by atoms with E-state index in [2.05, 4.69) is 34.7 Å². The predicted octanol–water partition coefficient (Wildman–Crippen LogP) is 4.55. The van der Waals surface area contributed by atoms with E-state index in [-0.39, 0.29) is 0 Å². The quantitative estimate of drug-likeness (QED) is 0.826. The lowest BCUT2D eigenvalue weighted by molar-refractivity contribution is 0.0696. The molecule has 1 aliphatic heterocycles. The summed E-state index contributed by atoms with van der Waals surface area (Å²) in [5.41, 5.74) is 1.61. The average Bonchev–Trinajstić information content (AvgIpc) is 2.35. The maximum Gasteiger partial charge on any atom is 0.337 e. The van der Waals surface area contributed by atoms with Crippen molar-refractivity contribution in [3.05, 3.63) is 28.2 Å². The van der Waals surface area contributed by atoms with Gasteiger partial charge in [0.15, 0.2) is 0 Å². The van der Waals surface area contributed by atoms with Gasteiger partial charge in [0.25, 0.3) is 0 Å². The van der Waals surface area contributed by atoms with E-state index in [4.69, 9.17) is 0 Å². The van der Waals surface area contributed by atoms with E-state index in [1.807, 2.05) is 6.07 Å². The highest BCUT2D eigenvalue weighted by Gasteiger charge is 2.42. The maximum absolute atomic E-state index is 11.4. The fourth-order valence-corrected chi connectivity index (χ4v) is 4.05. The minimum absolute atomic E-state index is 0.383. The molecule has 1 heterocycles. The van der Waals surface area contributed by atoms with E-state index in [1.165, 1.54) is 25.7 Å². The summed E-state index contributed by atoms with van der Waals surface area (Å²) in [6.45, 7) is 6.39. The van der Waals surface area contributed by atoms with Gasteiger partial charge in [0.1, 0.15) is 0 Å². The number of carbonyl (C=O) groups is 1. The van der Waals surface area contributed by atoms with Crippen LogP contribution in [-0.2, 0) is 0 Å². The number of hydrogen-bond acceptors (Lipinski definition) is 2. The summed E-state index contributed by atoms with van der Waals surface area (Å²) in [4.78, 5) is 13.6. The summed E-state index contributed by atoms with van der Waals surface area (Å²) in [6, 6.07) is 5.38. The molecule has 1 aromatic rings. The second-order valence-electron chi connectivity index (χ2n) is 5.80. The van der Waals surface area contributed by atoms with E-state index >= 15 is 0 Å². The number of halogens is 1. The van der Waals surface area contributed by atoms with Crippen molar-refractivity contribution >= 4 is 27.6 Å². The molecule has 4 heteroatoms. The van der Waals surface area contributed by atoms with E-state index in [1.54, 1.807) is 12.1 Å². The molecular formula is C16H22BrNO2. The van der Waals surface area contributed by atoms with Crippen LogP contribution in [0.3, 0.4) is 0 Å². The molecule has 1 saturated heterocycles. The molecule has 0 bridgehead atoms. The number of nitrogens with zero attached hydrogens (tertiary/aromatic N) is 1. The Morgan fingerprint density at radius 1 is 1.30 bits per heavy atom. The fourth-order valence-electron chi connectivity index (χ4n) is 3.43. The van der Waals surface area contributed by atoms with Gasteiger partial charge in [-0.3, -0.25) is 0 Å². The summed E-state index contributed by atoms with van der Waals surface area (Å²) in [6.07, 6.45) is 4.83. The van der Waals surface area contributed by atoms with Crippen molar-refractivity contribution in [3.63, 3.8) is 0 Å². The number of benzene rings is 1. The van der Waals surface area contributed by atoms with Crippen LogP contribution in [0.25, 0.3) is 0 Å². The van der Waals surface area contributed by atoms with Crippen molar-refractivity contribution in [1.29, 1.82) is 0 Å². The molecule has 0 atom stereocenters. The second kappa shape index (κ2) is 6.17. The largest absolute Gasteiger partial charge is 0.478 e. The molecule has 0 amide bonds. The lowest BCUT2D eigenvalue weighted by Crippen LogP contribution is -2.56. The van der Waals surface area contributed by atoms with Gasteiger partial charge < -0.3 is 10.0 Å². The highest BCUT2D eigenvalue weighted by Crippen LogP contribution is 2.44. The van der Waals surface area contributed by atoms with Crippen molar-refractivity contribution in [2.45, 2.75) is 39.5 Å². The smallest absolute Gasteiger partial charge is 0.337 e. The van der Waals surface area contributed by atoms with Gasteiger partial charge in [0.2, 0.25) is 0 Å². The molecule has 20 heavy (non-hydrogen) atoms. The minimum atomic E-state index is -0.857. The van der Waals surface area contributed by atoms with Crippen LogP contribution >= 0.6 is 15.9 Å². The van der Waals surface area contributed by atoms with Gasteiger partial charge in [-0.1, -0.05) is 32.8 Å². The average molecular weight is 340 g/mol. The van der Waals surface area contributed by atoms with E-state index in [0.29, 0.717) is 11.0 Å². The number of hydrogen-bond donors (Lipinski definition) is 1. The zero-order chi connectivity index (χ0) is 14.8. The first-order chi connectivity index (χ1) is 9.53. The topological polar surface area (TPSA) is 40.5 Å². The summed E-state index contributed by atoms with van der Waals surface area (Å²) in [5, 5.41) is 9.35. The third-order valence-corrected chi connectivity index (χ3v) is 4.79. The molecule has 0 spiro atoms. The highest BCUT2D eigenvalue weighted by atomic mass is 79.9. The molecule has 0 saturated carbocycles. The molecule has 1 aromatic carbocycles. The van der Waals surface area contributed by atoms with Crippen LogP contribution in [0.2, 0.25) is 0 Å². The second-order valence-corrected chi connectivity index (χ2v) is 6.65. The molecule has 0 radical (unpaired) electrons. The number of anilines is 1. The Hall–Kier alpha value is -1.03. The number of rotatable bonds is 6. The molecule has 0 aromatic heterocycles. The summed E-state index contributed by atoms with van der Waals surface area (Å²) in [7, 11) is 0. The Morgan fingerprint density at radius 2 is 1.90 bits per heavy atom. The van der Waals surface area contributed by atoms with E-state index in [0.717, 1.165) is 23.2 Å². The van der Waals surface area contributed by atoms with Crippen LogP contribution in [0.5, 0.6) is 0 Å². The van der Waals surface area contributed by atoms with Crippen molar-refractivity contribution in [1.82, 2.24) is 0 Å². The highest BCUT2D eigenvalue weighted by molar-refractivity contribution is 9.10. The first kappa shape index (κ1) is 15.4.